The van der Waals surface area contributed by atoms with Gasteiger partial charge in [0.25, 0.3) is 0 Å². The van der Waals surface area contributed by atoms with Gasteiger partial charge in [-0.3, -0.25) is 0 Å². The fraction of sp³-hybridized carbons (Fsp3) is 0.571. The maximum atomic E-state index is 12.7. The highest BCUT2D eigenvalue weighted by molar-refractivity contribution is 6.60. The first-order chi connectivity index (χ1) is 9.25. The molecule has 0 aliphatic carbocycles. The molecule has 0 bridgehead atoms. The van der Waals surface area contributed by atoms with E-state index >= 15 is 0 Å². The summed E-state index contributed by atoms with van der Waals surface area (Å²) in [6, 6.07) is 3.09. The van der Waals surface area contributed by atoms with Crippen LogP contribution in [0.5, 0.6) is 0 Å². The van der Waals surface area contributed by atoms with Gasteiger partial charge in [-0.25, -0.2) is 0 Å². The molecule has 7 heteroatoms. The smallest absolute Gasteiger partial charge is 0.423 e. The van der Waals surface area contributed by atoms with Gasteiger partial charge in [0.05, 0.1) is 16.8 Å². The largest absolute Gasteiger partial charge is 0.491 e. The summed E-state index contributed by atoms with van der Waals surface area (Å²) < 4.78 is 43.6. The van der Waals surface area contributed by atoms with Gasteiger partial charge in [0.2, 0.25) is 0 Å². The fourth-order valence-electron chi connectivity index (χ4n) is 1.57. The summed E-state index contributed by atoms with van der Waals surface area (Å²) in [6.45, 7) is 7.69. The second-order valence-corrected chi connectivity index (χ2v) is 6.11. The minimum atomic E-state index is -4.49. The molecule has 3 nitrogen and oxygen atoms in total. The number of halogens is 3. The van der Waals surface area contributed by atoms with Gasteiger partial charge in [0.15, 0.2) is 0 Å². The van der Waals surface area contributed by atoms with E-state index in [-0.39, 0.29) is 5.46 Å². The molecule has 21 heavy (non-hydrogen) atoms. The summed E-state index contributed by atoms with van der Waals surface area (Å²) in [5.74, 6) is 0. The minimum absolute atomic E-state index is 0.0298. The van der Waals surface area contributed by atoms with Crippen LogP contribution in [0.1, 0.15) is 38.8 Å². The summed E-state index contributed by atoms with van der Waals surface area (Å²) in [5.41, 5.74) is -2.77. The lowest BCUT2D eigenvalue weighted by Crippen LogP contribution is -2.53. The van der Waals surface area contributed by atoms with Crippen molar-refractivity contribution in [3.05, 3.63) is 29.3 Å². The lowest BCUT2D eigenvalue weighted by atomic mass is 9.73. The first-order valence-electron chi connectivity index (χ1n) is 6.52. The van der Waals surface area contributed by atoms with Crippen LogP contribution >= 0.6 is 0 Å². The predicted octanol–water partition coefficient (Wildman–Crippen LogP) is 2.27. The number of aryl methyl sites for hydroxylation is 1. The van der Waals surface area contributed by atoms with Crippen LogP contribution in [0.15, 0.2) is 18.2 Å². The normalized spacial score (nSPS) is 13.4. The summed E-state index contributed by atoms with van der Waals surface area (Å²) in [7, 11) is -1.56. The van der Waals surface area contributed by atoms with Crippen LogP contribution in [0.3, 0.4) is 0 Å². The monoisotopic (exact) mass is 304 g/mol. The Bertz CT molecular complexity index is 507. The highest BCUT2D eigenvalue weighted by Gasteiger charge is 2.40. The van der Waals surface area contributed by atoms with Crippen LogP contribution in [-0.2, 0) is 10.8 Å². The molecule has 0 unspecified atom stereocenters. The van der Waals surface area contributed by atoms with E-state index in [2.05, 4.69) is 0 Å². The number of rotatable bonds is 4. The van der Waals surface area contributed by atoms with Gasteiger partial charge in [0.1, 0.15) is 0 Å². The van der Waals surface area contributed by atoms with Crippen LogP contribution in [0, 0.1) is 6.92 Å². The Kier molecular flexibility index (Phi) is 4.82. The van der Waals surface area contributed by atoms with E-state index < -0.39 is 30.1 Å². The Morgan fingerprint density at radius 3 is 2.05 bits per heavy atom. The van der Waals surface area contributed by atoms with Crippen LogP contribution in [0.2, 0.25) is 0 Å². The maximum Gasteiger partial charge on any atom is 0.491 e. The van der Waals surface area contributed by atoms with Crippen molar-refractivity contribution >= 4 is 12.6 Å². The Morgan fingerprint density at radius 1 is 1.10 bits per heavy atom. The predicted molar refractivity (Wildman–Crippen MR) is 75.2 cm³/mol. The lowest BCUT2D eigenvalue weighted by molar-refractivity contribution is -0.137. The zero-order valence-electron chi connectivity index (χ0n) is 12.7. The minimum Gasteiger partial charge on any atom is -0.423 e. The quantitative estimate of drug-likeness (QED) is 0.839. The molecule has 0 saturated heterocycles. The highest BCUT2D eigenvalue weighted by atomic mass is 19.4. The molecular weight excluding hydrogens is 284 g/mol. The number of hydrogen-bond acceptors (Lipinski definition) is 3. The molecule has 1 rings (SSSR count). The van der Waals surface area contributed by atoms with Crippen molar-refractivity contribution in [2.45, 2.75) is 52.0 Å². The molecule has 0 atom stereocenters. The molecule has 0 saturated carbocycles. The molecule has 0 heterocycles. The second kappa shape index (κ2) is 5.63. The molecular formula is C14H20BF3O3. The van der Waals surface area contributed by atoms with E-state index in [0.29, 0.717) is 5.56 Å². The Morgan fingerprint density at radius 2 is 1.62 bits per heavy atom. The summed E-state index contributed by atoms with van der Waals surface area (Å²) >= 11 is 0. The van der Waals surface area contributed by atoms with Crippen molar-refractivity contribution in [3.8, 4) is 0 Å². The zero-order valence-corrected chi connectivity index (χ0v) is 12.7. The number of hydrogen-bond donors (Lipinski definition) is 2. The second-order valence-electron chi connectivity index (χ2n) is 6.11. The number of aliphatic hydroxyl groups is 1. The van der Waals surface area contributed by atoms with E-state index in [4.69, 9.17) is 4.65 Å². The van der Waals surface area contributed by atoms with E-state index in [1.165, 1.54) is 19.9 Å². The van der Waals surface area contributed by atoms with Gasteiger partial charge in [-0.05, 0) is 52.2 Å². The summed E-state index contributed by atoms with van der Waals surface area (Å²) in [5, 5.41) is 20.1. The molecule has 0 spiro atoms. The first-order valence-corrected chi connectivity index (χ1v) is 6.52. The van der Waals surface area contributed by atoms with Gasteiger partial charge in [0, 0.05) is 0 Å². The average molecular weight is 304 g/mol. The highest BCUT2D eigenvalue weighted by Crippen LogP contribution is 2.29. The lowest BCUT2D eigenvalue weighted by Gasteiger charge is -2.38. The van der Waals surface area contributed by atoms with Gasteiger partial charge in [-0.1, -0.05) is 11.6 Å². The van der Waals surface area contributed by atoms with Crippen molar-refractivity contribution in [1.82, 2.24) is 0 Å². The van der Waals surface area contributed by atoms with Crippen molar-refractivity contribution in [3.63, 3.8) is 0 Å². The van der Waals surface area contributed by atoms with Crippen molar-refractivity contribution in [2.24, 2.45) is 0 Å². The average Bonchev–Trinajstić information content (AvgIpc) is 2.25. The van der Waals surface area contributed by atoms with E-state index in [1.807, 2.05) is 0 Å². The van der Waals surface area contributed by atoms with Crippen LogP contribution < -0.4 is 5.46 Å². The molecule has 1 aromatic carbocycles. The Hall–Kier alpha value is -1.05. The topological polar surface area (TPSA) is 49.7 Å². The number of benzene rings is 1. The van der Waals surface area contributed by atoms with Crippen LogP contribution in [0.25, 0.3) is 0 Å². The Balaban J connectivity index is 3.11. The van der Waals surface area contributed by atoms with Crippen molar-refractivity contribution < 1.29 is 28.0 Å². The molecule has 0 amide bonds. The molecule has 2 N–H and O–H groups in total. The van der Waals surface area contributed by atoms with Gasteiger partial charge in [-0.2, -0.15) is 13.2 Å². The van der Waals surface area contributed by atoms with Crippen molar-refractivity contribution in [1.29, 1.82) is 0 Å². The molecule has 0 aromatic heterocycles. The van der Waals surface area contributed by atoms with Gasteiger partial charge in [-0.15, -0.1) is 0 Å². The molecule has 118 valence electrons. The van der Waals surface area contributed by atoms with Gasteiger partial charge >= 0.3 is 13.3 Å². The van der Waals surface area contributed by atoms with E-state index in [1.54, 1.807) is 20.8 Å². The van der Waals surface area contributed by atoms with Crippen LogP contribution in [0.4, 0.5) is 13.2 Å². The molecule has 0 aliphatic heterocycles. The fourth-order valence-corrected chi connectivity index (χ4v) is 1.57. The Labute approximate surface area is 122 Å². The molecule has 0 radical (unpaired) electrons. The number of alkyl halides is 3. The molecule has 0 aliphatic rings. The van der Waals surface area contributed by atoms with E-state index in [0.717, 1.165) is 12.1 Å². The van der Waals surface area contributed by atoms with E-state index in [9.17, 15) is 23.3 Å². The molecule has 1 aromatic rings. The SMILES string of the molecule is Cc1ccc(C(F)(F)F)cc1B(O)OC(C)(C)C(C)(C)O. The van der Waals surface area contributed by atoms with Gasteiger partial charge < -0.3 is 14.8 Å². The maximum absolute atomic E-state index is 12.7. The van der Waals surface area contributed by atoms with Crippen molar-refractivity contribution in [2.75, 3.05) is 0 Å². The molecule has 0 fully saturated rings. The first kappa shape index (κ1) is 18.0. The van der Waals surface area contributed by atoms with Crippen LogP contribution in [-0.4, -0.2) is 28.5 Å². The summed E-state index contributed by atoms with van der Waals surface area (Å²) in [4.78, 5) is 0. The summed E-state index contributed by atoms with van der Waals surface area (Å²) in [6.07, 6.45) is -4.49. The zero-order chi connectivity index (χ0) is 16.6. The third-order valence-corrected chi connectivity index (χ3v) is 3.75. The standard InChI is InChI=1S/C14H20BF3O3/c1-9-6-7-10(14(16,17)18)8-11(9)15(20)21-13(4,5)12(2,3)19/h6-8,19-20H,1-5H3. The third-order valence-electron chi connectivity index (χ3n) is 3.75. The third kappa shape index (κ3) is 4.21.